The maximum atomic E-state index is 13.6. The number of halogens is 4. The van der Waals surface area contributed by atoms with E-state index in [4.69, 9.17) is 16.3 Å². The number of ether oxygens (including phenoxy) is 1. The molecule has 3 rings (SSSR count). The Kier molecular flexibility index (Phi) is 6.80. The van der Waals surface area contributed by atoms with E-state index >= 15 is 0 Å². The van der Waals surface area contributed by atoms with Crippen LogP contribution in [-0.4, -0.2) is 19.8 Å². The van der Waals surface area contributed by atoms with Gasteiger partial charge in [0.05, 0.1) is 21.3 Å². The van der Waals surface area contributed by atoms with Crippen molar-refractivity contribution < 1.29 is 26.3 Å². The van der Waals surface area contributed by atoms with Gasteiger partial charge in [0.25, 0.3) is 0 Å². The van der Waals surface area contributed by atoms with Crippen LogP contribution in [0.5, 0.6) is 0 Å². The summed E-state index contributed by atoms with van der Waals surface area (Å²) in [4.78, 5) is -0.276. The molecule has 2 atom stereocenters. The Morgan fingerprint density at radius 1 is 1.19 bits per heavy atom. The van der Waals surface area contributed by atoms with Crippen LogP contribution in [-0.2, 0) is 27.2 Å². The molecule has 2 aromatic rings. The van der Waals surface area contributed by atoms with Crippen LogP contribution in [0.25, 0.3) is 0 Å². The molecule has 0 radical (unpaired) electrons. The van der Waals surface area contributed by atoms with Crippen LogP contribution < -0.4 is 0 Å². The summed E-state index contributed by atoms with van der Waals surface area (Å²) < 4.78 is 72.2. The van der Waals surface area contributed by atoms with Crippen LogP contribution in [0.2, 0.25) is 5.02 Å². The number of aryl methyl sites for hydroxylation is 2. The Bertz CT molecular complexity index is 1070. The summed E-state index contributed by atoms with van der Waals surface area (Å²) in [5, 5.41) is 0.569. The quantitative estimate of drug-likeness (QED) is 0.484. The van der Waals surface area contributed by atoms with Gasteiger partial charge in [0.2, 0.25) is 0 Å². The van der Waals surface area contributed by atoms with E-state index in [1.165, 1.54) is 6.07 Å². The highest BCUT2D eigenvalue weighted by Crippen LogP contribution is 2.44. The Morgan fingerprint density at radius 3 is 2.52 bits per heavy atom. The third kappa shape index (κ3) is 4.94. The summed E-state index contributed by atoms with van der Waals surface area (Å²) >= 11 is 6.03. The lowest BCUT2D eigenvalue weighted by atomic mass is 9.90. The lowest BCUT2D eigenvalue weighted by Crippen LogP contribution is -2.42. The van der Waals surface area contributed by atoms with Crippen molar-refractivity contribution in [2.75, 3.05) is 6.61 Å². The predicted octanol–water partition coefficient (Wildman–Crippen LogP) is 6.70. The lowest BCUT2D eigenvalue weighted by molar-refractivity contribution is -0.137. The number of hydrogen-bond acceptors (Lipinski definition) is 3. The zero-order valence-corrected chi connectivity index (χ0v) is 19.3. The van der Waals surface area contributed by atoms with E-state index in [9.17, 15) is 21.6 Å². The molecule has 1 aliphatic rings. The number of alkyl halides is 3. The third-order valence-electron chi connectivity index (χ3n) is 5.94. The third-order valence-corrected chi connectivity index (χ3v) is 8.70. The Morgan fingerprint density at radius 2 is 1.90 bits per heavy atom. The first kappa shape index (κ1) is 24.1. The maximum Gasteiger partial charge on any atom is 0.416 e. The topological polar surface area (TPSA) is 43.4 Å². The van der Waals surface area contributed by atoms with Crippen molar-refractivity contribution in [2.45, 2.75) is 68.4 Å². The van der Waals surface area contributed by atoms with Gasteiger partial charge in [-0.15, -0.1) is 0 Å². The largest absolute Gasteiger partial charge is 0.416 e. The van der Waals surface area contributed by atoms with Gasteiger partial charge < -0.3 is 4.74 Å². The summed E-state index contributed by atoms with van der Waals surface area (Å²) in [6, 6.07) is 8.50. The molecule has 0 bridgehead atoms. The maximum absolute atomic E-state index is 13.6. The zero-order chi connectivity index (χ0) is 23.0. The van der Waals surface area contributed by atoms with Crippen molar-refractivity contribution >= 4 is 21.4 Å². The first-order valence-electron chi connectivity index (χ1n) is 10.2. The molecule has 0 aromatic heterocycles. The average molecular weight is 475 g/mol. The summed E-state index contributed by atoms with van der Waals surface area (Å²) in [7, 11) is -4.05. The number of hydrogen-bond donors (Lipinski definition) is 0. The zero-order valence-electron chi connectivity index (χ0n) is 17.7. The van der Waals surface area contributed by atoms with Crippen LogP contribution in [0.1, 0.15) is 61.5 Å². The molecular formula is C23H26ClF3O3S. The van der Waals surface area contributed by atoms with Gasteiger partial charge in [-0.25, -0.2) is 8.42 Å². The minimum atomic E-state index is -4.62. The highest BCUT2D eigenvalue weighted by Gasteiger charge is 2.46. The molecule has 0 saturated carbocycles. The normalized spacial score (nSPS) is 22.5. The van der Waals surface area contributed by atoms with Crippen molar-refractivity contribution in [1.29, 1.82) is 0 Å². The summed E-state index contributed by atoms with van der Waals surface area (Å²) in [5.41, 5.74) is 1.15. The molecule has 0 spiro atoms. The highest BCUT2D eigenvalue weighted by atomic mass is 35.5. The Hall–Kier alpha value is -1.57. The summed E-state index contributed by atoms with van der Waals surface area (Å²) in [6.07, 6.45) is -3.75. The second-order valence-corrected chi connectivity index (χ2v) is 11.3. The molecule has 1 aliphatic heterocycles. The molecule has 0 aliphatic carbocycles. The Labute approximate surface area is 186 Å². The summed E-state index contributed by atoms with van der Waals surface area (Å²) in [6.45, 7) is 5.51. The van der Waals surface area contributed by atoms with Crippen LogP contribution in [0, 0.1) is 6.92 Å². The van der Waals surface area contributed by atoms with E-state index in [1.807, 2.05) is 19.9 Å². The smallest absolute Gasteiger partial charge is 0.373 e. The fourth-order valence-electron chi connectivity index (χ4n) is 4.11. The number of benzene rings is 2. The van der Waals surface area contributed by atoms with Gasteiger partial charge in [-0.3, -0.25) is 0 Å². The fourth-order valence-corrected chi connectivity index (χ4v) is 6.22. The highest BCUT2D eigenvalue weighted by molar-refractivity contribution is 7.92. The second-order valence-electron chi connectivity index (χ2n) is 8.38. The van der Waals surface area contributed by atoms with Crippen molar-refractivity contribution in [2.24, 2.45) is 0 Å². The van der Waals surface area contributed by atoms with E-state index in [0.29, 0.717) is 23.4 Å². The van der Waals surface area contributed by atoms with Crippen molar-refractivity contribution in [3.8, 4) is 0 Å². The second kappa shape index (κ2) is 8.75. The fraction of sp³-hybridized carbons (Fsp3) is 0.478. The molecule has 170 valence electrons. The molecule has 1 saturated heterocycles. The van der Waals surface area contributed by atoms with Crippen molar-refractivity contribution in [3.63, 3.8) is 0 Å². The van der Waals surface area contributed by atoms with Gasteiger partial charge in [0.1, 0.15) is 0 Å². The van der Waals surface area contributed by atoms with E-state index in [0.717, 1.165) is 23.3 Å². The molecule has 1 fully saturated rings. The van der Waals surface area contributed by atoms with Gasteiger partial charge >= 0.3 is 6.18 Å². The van der Waals surface area contributed by atoms with Crippen LogP contribution in [0.3, 0.4) is 0 Å². The van der Waals surface area contributed by atoms with Crippen LogP contribution >= 0.6 is 11.6 Å². The summed E-state index contributed by atoms with van der Waals surface area (Å²) in [5.74, 6) is 0. The SMILES string of the molecule is CCCc1cc(C(F)(F)F)cc(S(=O)(=O)C2(C)CCOC(c3ccc(Cl)cc3C)C2)c1. The first-order chi connectivity index (χ1) is 14.4. The van der Waals surface area contributed by atoms with Crippen molar-refractivity contribution in [3.05, 3.63) is 63.7 Å². The molecule has 2 aromatic carbocycles. The molecular weight excluding hydrogens is 449 g/mol. The number of sulfone groups is 1. The minimum Gasteiger partial charge on any atom is -0.373 e. The minimum absolute atomic E-state index is 0.150. The van der Waals surface area contributed by atoms with Crippen molar-refractivity contribution in [1.82, 2.24) is 0 Å². The predicted molar refractivity (Wildman–Crippen MR) is 115 cm³/mol. The number of rotatable bonds is 5. The standard InChI is InChI=1S/C23H26ClF3O3S/c1-4-5-16-11-17(23(25,26)27)13-19(12-16)31(28,29)22(3)8-9-30-21(14-22)20-7-6-18(24)10-15(20)2/h6-7,10-13,21H,4-5,8-9,14H2,1-3H3. The van der Waals surface area contributed by atoms with Crippen LogP contribution in [0.15, 0.2) is 41.3 Å². The van der Waals surface area contributed by atoms with E-state index in [2.05, 4.69) is 0 Å². The van der Waals surface area contributed by atoms with E-state index < -0.39 is 32.4 Å². The molecule has 1 heterocycles. The van der Waals surface area contributed by atoms with Gasteiger partial charge in [0.15, 0.2) is 9.84 Å². The van der Waals surface area contributed by atoms with Crippen LogP contribution in [0.4, 0.5) is 13.2 Å². The van der Waals surface area contributed by atoms with Gasteiger partial charge in [-0.05, 0) is 80.1 Å². The first-order valence-corrected chi connectivity index (χ1v) is 12.1. The average Bonchev–Trinajstić information content (AvgIpc) is 2.67. The monoisotopic (exact) mass is 474 g/mol. The molecule has 31 heavy (non-hydrogen) atoms. The molecule has 0 N–H and O–H groups in total. The molecule has 3 nitrogen and oxygen atoms in total. The van der Waals surface area contributed by atoms with Gasteiger partial charge in [-0.2, -0.15) is 13.2 Å². The molecule has 2 unspecified atom stereocenters. The van der Waals surface area contributed by atoms with E-state index in [-0.39, 0.29) is 24.3 Å². The van der Waals surface area contributed by atoms with Gasteiger partial charge in [-0.1, -0.05) is 31.0 Å². The lowest BCUT2D eigenvalue weighted by Gasteiger charge is -2.38. The Balaban J connectivity index is 2.03. The molecule has 0 amide bonds. The van der Waals surface area contributed by atoms with Gasteiger partial charge in [0, 0.05) is 11.6 Å². The molecule has 8 heteroatoms. The van der Waals surface area contributed by atoms with E-state index in [1.54, 1.807) is 19.1 Å².